The molecule has 12 heavy (non-hydrogen) atoms. The van der Waals surface area contributed by atoms with E-state index in [9.17, 15) is 9.18 Å². The van der Waals surface area contributed by atoms with E-state index in [4.69, 9.17) is 22.4 Å². The van der Waals surface area contributed by atoms with Gasteiger partial charge in [0.2, 0.25) is 0 Å². The van der Waals surface area contributed by atoms with E-state index in [0.717, 1.165) is 12.1 Å². The Morgan fingerprint density at radius 2 is 2.17 bits per heavy atom. The van der Waals surface area contributed by atoms with Gasteiger partial charge >= 0.3 is 5.97 Å². The number of halogens is 2. The van der Waals surface area contributed by atoms with Crippen LogP contribution in [0.25, 0.3) is 0 Å². The number of hydrogen-bond donors (Lipinski definition) is 2. The van der Waals surface area contributed by atoms with Crippen LogP contribution in [0.3, 0.4) is 0 Å². The van der Waals surface area contributed by atoms with Crippen LogP contribution in [0.2, 0.25) is 5.02 Å². The van der Waals surface area contributed by atoms with Crippen molar-refractivity contribution in [3.8, 4) is 0 Å². The van der Waals surface area contributed by atoms with Crippen molar-refractivity contribution < 1.29 is 14.3 Å². The third-order valence-electron chi connectivity index (χ3n) is 1.28. The zero-order chi connectivity index (χ0) is 9.30. The molecule has 0 aliphatic rings. The quantitative estimate of drug-likeness (QED) is 0.662. The first-order valence-corrected chi connectivity index (χ1v) is 3.38. The maximum atomic E-state index is 12.7. The molecule has 0 bridgehead atoms. The van der Waals surface area contributed by atoms with Crippen LogP contribution in [-0.4, -0.2) is 11.1 Å². The Labute approximate surface area is 72.6 Å². The smallest absolute Gasteiger partial charge is 0.337 e. The maximum Gasteiger partial charge on any atom is 0.337 e. The Hall–Kier alpha value is -1.29. The number of rotatable bonds is 1. The summed E-state index contributed by atoms with van der Waals surface area (Å²) in [5, 5.41) is 8.09. The van der Waals surface area contributed by atoms with Gasteiger partial charge in [-0.2, -0.15) is 0 Å². The van der Waals surface area contributed by atoms with Crippen molar-refractivity contribution in [3.63, 3.8) is 0 Å². The fraction of sp³-hybridized carbons (Fsp3) is 0. The fourth-order valence-electron chi connectivity index (χ4n) is 0.766. The van der Waals surface area contributed by atoms with Crippen LogP contribution in [-0.2, 0) is 0 Å². The molecule has 0 fully saturated rings. The number of nitrogen functional groups attached to an aromatic ring is 1. The van der Waals surface area contributed by atoms with E-state index in [1.54, 1.807) is 0 Å². The van der Waals surface area contributed by atoms with Crippen molar-refractivity contribution in [2.75, 3.05) is 5.73 Å². The topological polar surface area (TPSA) is 63.3 Å². The largest absolute Gasteiger partial charge is 0.478 e. The zero-order valence-corrected chi connectivity index (χ0v) is 6.60. The predicted octanol–water partition coefficient (Wildman–Crippen LogP) is 1.76. The first-order valence-electron chi connectivity index (χ1n) is 3.00. The molecule has 0 heterocycles. The average Bonchev–Trinajstić information content (AvgIpc) is 1.96. The first kappa shape index (κ1) is 8.80. The van der Waals surface area contributed by atoms with Gasteiger partial charge in [0.15, 0.2) is 0 Å². The van der Waals surface area contributed by atoms with Crippen LogP contribution in [0.1, 0.15) is 10.4 Å². The predicted molar refractivity (Wildman–Crippen MR) is 42.8 cm³/mol. The highest BCUT2D eigenvalue weighted by atomic mass is 35.5. The molecule has 0 radical (unpaired) electrons. The summed E-state index contributed by atoms with van der Waals surface area (Å²) in [5.41, 5.74) is 4.92. The maximum absolute atomic E-state index is 12.7. The minimum atomic E-state index is -1.30. The van der Waals surface area contributed by atoms with Gasteiger partial charge in [-0.05, 0) is 12.1 Å². The lowest BCUT2D eigenvalue weighted by molar-refractivity contribution is 0.0696. The molecule has 1 aromatic rings. The molecule has 0 saturated heterocycles. The van der Waals surface area contributed by atoms with E-state index in [0.29, 0.717) is 0 Å². The summed E-state index contributed by atoms with van der Waals surface area (Å²) in [5.74, 6) is -2.12. The molecule has 0 aliphatic carbocycles. The standard InChI is InChI=1S/C7H5ClFNO2/c8-6-4(7(11)12)1-3(10)2-5(6)9/h1-2H,10H2,(H,11,12). The number of carbonyl (C=O) groups is 1. The number of aromatic carboxylic acids is 1. The van der Waals surface area contributed by atoms with Crippen molar-refractivity contribution in [2.45, 2.75) is 0 Å². The average molecular weight is 190 g/mol. The van der Waals surface area contributed by atoms with Gasteiger partial charge in [0.05, 0.1) is 10.6 Å². The molecule has 0 saturated carbocycles. The molecule has 3 N–H and O–H groups in total. The first-order chi connectivity index (χ1) is 5.52. The zero-order valence-electron chi connectivity index (χ0n) is 5.84. The van der Waals surface area contributed by atoms with E-state index in [1.807, 2.05) is 0 Å². The molecule has 0 spiro atoms. The highest BCUT2D eigenvalue weighted by Crippen LogP contribution is 2.22. The van der Waals surface area contributed by atoms with E-state index in [1.165, 1.54) is 0 Å². The molecule has 1 rings (SSSR count). The van der Waals surface area contributed by atoms with Gasteiger partial charge in [-0.3, -0.25) is 0 Å². The van der Waals surface area contributed by atoms with Gasteiger partial charge in [-0.15, -0.1) is 0 Å². The summed E-state index contributed by atoms with van der Waals surface area (Å²) >= 11 is 5.35. The molecule has 3 nitrogen and oxygen atoms in total. The van der Waals surface area contributed by atoms with Gasteiger partial charge in [0.1, 0.15) is 5.82 Å². The van der Waals surface area contributed by atoms with E-state index in [2.05, 4.69) is 0 Å². The molecule has 0 unspecified atom stereocenters. The lowest BCUT2D eigenvalue weighted by atomic mass is 10.2. The number of benzene rings is 1. The van der Waals surface area contributed by atoms with Crippen LogP contribution >= 0.6 is 11.6 Å². The number of carboxylic acid groups (broad SMARTS) is 1. The Bertz CT molecular complexity index is 340. The minimum Gasteiger partial charge on any atom is -0.478 e. The Morgan fingerprint density at radius 1 is 1.58 bits per heavy atom. The summed E-state index contributed by atoms with van der Waals surface area (Å²) in [4.78, 5) is 10.4. The second-order valence-corrected chi connectivity index (χ2v) is 2.55. The lowest BCUT2D eigenvalue weighted by Gasteiger charge is -2.01. The second-order valence-electron chi connectivity index (χ2n) is 2.17. The lowest BCUT2D eigenvalue weighted by Crippen LogP contribution is -2.01. The molecule has 0 amide bonds. The Kier molecular flexibility index (Phi) is 2.19. The van der Waals surface area contributed by atoms with Crippen LogP contribution < -0.4 is 5.73 Å². The molecule has 0 aliphatic heterocycles. The van der Waals surface area contributed by atoms with Crippen molar-refractivity contribution >= 4 is 23.3 Å². The molecular weight excluding hydrogens is 185 g/mol. The normalized spacial score (nSPS) is 9.83. The summed E-state index contributed by atoms with van der Waals surface area (Å²) in [6.45, 7) is 0. The van der Waals surface area contributed by atoms with Crippen LogP contribution in [0.15, 0.2) is 12.1 Å². The minimum absolute atomic E-state index is 0.0364. The van der Waals surface area contributed by atoms with Crippen molar-refractivity contribution in [3.05, 3.63) is 28.5 Å². The number of hydrogen-bond acceptors (Lipinski definition) is 2. The van der Waals surface area contributed by atoms with Gasteiger partial charge in [0.25, 0.3) is 0 Å². The summed E-state index contributed by atoms with van der Waals surface area (Å²) in [6, 6.07) is 2.07. The van der Waals surface area contributed by atoms with Gasteiger partial charge in [-0.1, -0.05) is 11.6 Å². The van der Waals surface area contributed by atoms with Crippen molar-refractivity contribution in [2.24, 2.45) is 0 Å². The molecule has 5 heteroatoms. The highest BCUT2D eigenvalue weighted by molar-refractivity contribution is 6.33. The van der Waals surface area contributed by atoms with Crippen LogP contribution in [0.5, 0.6) is 0 Å². The van der Waals surface area contributed by atoms with E-state index >= 15 is 0 Å². The van der Waals surface area contributed by atoms with Crippen molar-refractivity contribution in [1.82, 2.24) is 0 Å². The molecular formula is C7H5ClFNO2. The molecule has 0 aromatic heterocycles. The molecule has 1 aromatic carbocycles. The number of nitrogens with two attached hydrogens (primary N) is 1. The Balaban J connectivity index is 3.37. The summed E-state index contributed by atoms with van der Waals surface area (Å²) in [6.07, 6.45) is 0. The Morgan fingerprint density at radius 3 is 2.67 bits per heavy atom. The number of carboxylic acids is 1. The van der Waals surface area contributed by atoms with Gasteiger partial charge in [-0.25, -0.2) is 9.18 Å². The number of anilines is 1. The fourth-order valence-corrected chi connectivity index (χ4v) is 0.956. The molecule has 0 atom stereocenters. The highest BCUT2D eigenvalue weighted by Gasteiger charge is 2.13. The third-order valence-corrected chi connectivity index (χ3v) is 1.67. The van der Waals surface area contributed by atoms with Gasteiger partial charge < -0.3 is 10.8 Å². The second kappa shape index (κ2) is 2.98. The van der Waals surface area contributed by atoms with Crippen LogP contribution in [0.4, 0.5) is 10.1 Å². The van der Waals surface area contributed by atoms with E-state index < -0.39 is 16.8 Å². The van der Waals surface area contributed by atoms with E-state index in [-0.39, 0.29) is 11.3 Å². The third kappa shape index (κ3) is 1.48. The van der Waals surface area contributed by atoms with Gasteiger partial charge in [0, 0.05) is 5.69 Å². The molecule has 64 valence electrons. The van der Waals surface area contributed by atoms with Crippen molar-refractivity contribution in [1.29, 1.82) is 0 Å². The summed E-state index contributed by atoms with van der Waals surface area (Å²) < 4.78 is 12.7. The SMILES string of the molecule is Nc1cc(F)c(Cl)c(C(=O)O)c1. The van der Waals surface area contributed by atoms with Crippen LogP contribution in [0, 0.1) is 5.82 Å². The summed E-state index contributed by atoms with van der Waals surface area (Å²) in [7, 11) is 0. The monoisotopic (exact) mass is 189 g/mol.